The number of alkyl halides is 3. The summed E-state index contributed by atoms with van der Waals surface area (Å²) >= 11 is 0. The first-order valence-corrected chi connectivity index (χ1v) is 9.92. The normalized spacial score (nSPS) is 11.7. The highest BCUT2D eigenvalue weighted by Gasteiger charge is 2.32. The number of rotatable bonds is 4. The van der Waals surface area contributed by atoms with Crippen LogP contribution in [0.25, 0.3) is 16.7 Å². The van der Waals surface area contributed by atoms with Gasteiger partial charge in [0.2, 0.25) is 0 Å². The Morgan fingerprint density at radius 1 is 0.939 bits per heavy atom. The summed E-state index contributed by atoms with van der Waals surface area (Å²) in [6.45, 7) is 0.117. The number of halogens is 3. The molecular weight excluding hydrogens is 437 g/mol. The molecule has 7 nitrogen and oxygen atoms in total. The van der Waals surface area contributed by atoms with Crippen molar-refractivity contribution in [3.8, 4) is 5.69 Å². The number of anilines is 2. The Morgan fingerprint density at radius 2 is 1.58 bits per heavy atom. The molecule has 0 atom stereocenters. The minimum Gasteiger partial charge on any atom is -0.355 e. The van der Waals surface area contributed by atoms with E-state index in [1.807, 2.05) is 6.92 Å². The number of hydrogen-bond acceptors (Lipinski definition) is 4. The Morgan fingerprint density at radius 3 is 2.18 bits per heavy atom. The van der Waals surface area contributed by atoms with Gasteiger partial charge in [0, 0.05) is 18.8 Å². The fourth-order valence-corrected chi connectivity index (χ4v) is 3.61. The zero-order chi connectivity index (χ0) is 23.9. The van der Waals surface area contributed by atoms with Gasteiger partial charge in [-0.1, -0.05) is 35.9 Å². The fourth-order valence-electron chi connectivity index (χ4n) is 3.61. The average molecular weight is 456 g/mol. The third-order valence-electron chi connectivity index (χ3n) is 5.18. The van der Waals surface area contributed by atoms with Gasteiger partial charge in [-0.3, -0.25) is 18.7 Å². The maximum atomic E-state index is 13.3. The summed E-state index contributed by atoms with van der Waals surface area (Å²) < 4.78 is 42.0. The van der Waals surface area contributed by atoms with Crippen LogP contribution >= 0.6 is 0 Å². The van der Waals surface area contributed by atoms with Crippen LogP contribution in [0.15, 0.2) is 75.0 Å². The minimum absolute atomic E-state index is 0.00237. The van der Waals surface area contributed by atoms with Gasteiger partial charge in [0.1, 0.15) is 17.6 Å². The average Bonchev–Trinajstić information content (AvgIpc) is 2.76. The molecule has 0 aliphatic rings. The van der Waals surface area contributed by atoms with Crippen LogP contribution in [0, 0.1) is 6.92 Å². The van der Waals surface area contributed by atoms with Gasteiger partial charge in [0.25, 0.3) is 11.1 Å². The van der Waals surface area contributed by atoms with Crippen LogP contribution in [-0.2, 0) is 13.6 Å². The van der Waals surface area contributed by atoms with E-state index in [2.05, 4.69) is 5.32 Å². The van der Waals surface area contributed by atoms with Crippen molar-refractivity contribution < 1.29 is 13.2 Å². The summed E-state index contributed by atoms with van der Waals surface area (Å²) in [7, 11) is 1.35. The highest BCUT2D eigenvalue weighted by atomic mass is 19.4. The first-order valence-electron chi connectivity index (χ1n) is 9.92. The van der Waals surface area contributed by atoms with Gasteiger partial charge in [-0.2, -0.15) is 13.2 Å². The largest absolute Gasteiger partial charge is 0.406 e. The molecule has 170 valence electrons. The van der Waals surface area contributed by atoms with E-state index in [9.17, 15) is 27.6 Å². The number of pyridine rings is 1. The van der Waals surface area contributed by atoms with Gasteiger partial charge in [-0.25, -0.2) is 9.36 Å². The second kappa shape index (κ2) is 8.12. The molecule has 2 aromatic carbocycles. The lowest BCUT2D eigenvalue weighted by Crippen LogP contribution is -2.44. The van der Waals surface area contributed by atoms with Crippen molar-refractivity contribution in [1.29, 1.82) is 0 Å². The van der Waals surface area contributed by atoms with Crippen LogP contribution in [-0.4, -0.2) is 19.9 Å². The van der Waals surface area contributed by atoms with Crippen LogP contribution < -0.4 is 22.1 Å². The molecule has 0 aliphatic carbocycles. The fraction of sp³-hybridized carbons (Fsp3) is 0.174. The monoisotopic (exact) mass is 456 g/mol. The number of hydrogen-bond donors (Lipinski definition) is 1. The van der Waals surface area contributed by atoms with Crippen molar-refractivity contribution in [3.05, 3.63) is 97.4 Å². The van der Waals surface area contributed by atoms with Crippen molar-refractivity contribution in [2.45, 2.75) is 19.6 Å². The van der Waals surface area contributed by atoms with E-state index in [-0.39, 0.29) is 27.0 Å². The summed E-state index contributed by atoms with van der Waals surface area (Å²) in [5.41, 5.74) is -1.29. The number of fused-ring (bicyclic) bond motifs is 1. The Balaban J connectivity index is 2.15. The van der Waals surface area contributed by atoms with Crippen LogP contribution in [0.2, 0.25) is 0 Å². The van der Waals surface area contributed by atoms with E-state index in [0.29, 0.717) is 5.69 Å². The van der Waals surface area contributed by atoms with Gasteiger partial charge in [-0.05, 0) is 31.2 Å². The van der Waals surface area contributed by atoms with Crippen molar-refractivity contribution in [2.75, 3.05) is 5.32 Å². The molecule has 2 heterocycles. The van der Waals surface area contributed by atoms with E-state index in [4.69, 9.17) is 0 Å². The zero-order valence-corrected chi connectivity index (χ0v) is 17.7. The lowest BCUT2D eigenvalue weighted by Gasteiger charge is -2.19. The Kier molecular flexibility index (Phi) is 5.44. The molecule has 0 spiro atoms. The topological polar surface area (TPSA) is 78.0 Å². The van der Waals surface area contributed by atoms with Crippen molar-refractivity contribution in [2.24, 2.45) is 7.05 Å². The molecular formula is C23H19F3N4O3. The summed E-state index contributed by atoms with van der Waals surface area (Å²) in [5.74, 6) is 0. The third-order valence-corrected chi connectivity index (χ3v) is 5.18. The molecule has 4 rings (SSSR count). The van der Waals surface area contributed by atoms with Crippen LogP contribution in [0.3, 0.4) is 0 Å². The predicted octanol–water partition coefficient (Wildman–Crippen LogP) is 3.47. The third kappa shape index (κ3) is 4.19. The van der Waals surface area contributed by atoms with E-state index < -0.39 is 29.5 Å². The second-order valence-electron chi connectivity index (χ2n) is 7.60. The molecule has 0 unspecified atom stereocenters. The summed E-state index contributed by atoms with van der Waals surface area (Å²) in [4.78, 5) is 39.1. The van der Waals surface area contributed by atoms with Gasteiger partial charge < -0.3 is 5.32 Å². The Labute approximate surface area is 185 Å². The van der Waals surface area contributed by atoms with Gasteiger partial charge in [-0.15, -0.1) is 0 Å². The minimum atomic E-state index is -4.81. The van der Waals surface area contributed by atoms with Gasteiger partial charge in [0.05, 0.1) is 11.4 Å². The van der Waals surface area contributed by atoms with E-state index in [0.717, 1.165) is 20.8 Å². The predicted molar refractivity (Wildman–Crippen MR) is 120 cm³/mol. The number of aromatic nitrogens is 3. The van der Waals surface area contributed by atoms with Gasteiger partial charge >= 0.3 is 11.9 Å². The number of nitrogens with zero attached hydrogens (tertiary/aromatic N) is 3. The van der Waals surface area contributed by atoms with E-state index in [1.165, 1.54) is 19.2 Å². The van der Waals surface area contributed by atoms with E-state index >= 15 is 0 Å². The van der Waals surface area contributed by atoms with E-state index in [1.54, 1.807) is 42.5 Å². The summed E-state index contributed by atoms with van der Waals surface area (Å²) in [6, 6.07) is 16.0. The van der Waals surface area contributed by atoms with Crippen LogP contribution in [0.1, 0.15) is 5.56 Å². The molecule has 0 aliphatic heterocycles. The Hall–Kier alpha value is -4.08. The molecule has 0 fully saturated rings. The number of nitrogens with one attached hydrogen (secondary N) is 1. The first kappa shape index (κ1) is 22.1. The summed E-state index contributed by atoms with van der Waals surface area (Å²) in [5, 5.41) is 2.73. The van der Waals surface area contributed by atoms with Crippen molar-refractivity contribution >= 4 is 22.4 Å². The molecule has 0 bridgehead atoms. The zero-order valence-electron chi connectivity index (χ0n) is 17.7. The van der Waals surface area contributed by atoms with Crippen LogP contribution in [0.4, 0.5) is 24.5 Å². The lowest BCUT2D eigenvalue weighted by atomic mass is 10.2. The molecule has 0 saturated carbocycles. The molecule has 10 heteroatoms. The number of benzene rings is 2. The number of para-hydroxylation sites is 1. The molecule has 2 aromatic heterocycles. The number of aryl methyl sites for hydroxylation is 2. The Bertz CT molecular complexity index is 1520. The molecule has 33 heavy (non-hydrogen) atoms. The maximum Gasteiger partial charge on any atom is 0.406 e. The molecule has 4 aromatic rings. The maximum absolute atomic E-state index is 13.3. The molecule has 0 amide bonds. The molecule has 0 radical (unpaired) electrons. The smallest absolute Gasteiger partial charge is 0.355 e. The lowest BCUT2D eigenvalue weighted by molar-refractivity contribution is -0.141. The first-order chi connectivity index (χ1) is 15.6. The highest BCUT2D eigenvalue weighted by Crippen LogP contribution is 2.24. The molecule has 1 N–H and O–H groups in total. The quantitative estimate of drug-likeness (QED) is 0.510. The second-order valence-corrected chi connectivity index (χ2v) is 7.60. The summed E-state index contributed by atoms with van der Waals surface area (Å²) in [6.07, 6.45) is -4.81. The SMILES string of the molecule is Cc1ccc(Nc2cc(=O)n(C)c3c2c(=O)n(CC(F)(F)F)c(=O)n3-c2ccccc2)cc1. The standard InChI is InChI=1S/C23H19F3N4O3/c1-14-8-10-15(11-9-14)27-17-12-18(31)28(2)20-19(17)21(32)29(13-23(24,25)26)22(33)30(20)16-6-4-3-5-7-16/h3-12,27H,13H2,1-2H3. The van der Waals surface area contributed by atoms with Crippen molar-refractivity contribution in [1.82, 2.24) is 13.7 Å². The van der Waals surface area contributed by atoms with Crippen LogP contribution in [0.5, 0.6) is 0 Å². The van der Waals surface area contributed by atoms with Crippen molar-refractivity contribution in [3.63, 3.8) is 0 Å². The van der Waals surface area contributed by atoms with Gasteiger partial charge in [0.15, 0.2) is 0 Å². The highest BCUT2D eigenvalue weighted by molar-refractivity contribution is 5.91. The molecule has 0 saturated heterocycles.